The zero-order valence-electron chi connectivity index (χ0n) is 20.3. The van der Waals surface area contributed by atoms with Gasteiger partial charge in [-0.3, -0.25) is 0 Å². The maximum absolute atomic E-state index is 4.36. The number of hydrogen-bond acceptors (Lipinski definition) is 6. The molecule has 4 aromatic carbocycles. The van der Waals surface area contributed by atoms with E-state index in [-0.39, 0.29) is 27.9 Å². The van der Waals surface area contributed by atoms with E-state index in [1.165, 1.54) is 22.1 Å². The molecule has 0 fully saturated rings. The molecule has 3 aliphatic heterocycles. The molecule has 0 spiro atoms. The molecule has 9 heteroatoms. The van der Waals surface area contributed by atoms with Crippen LogP contribution in [0.15, 0.2) is 90.3 Å². The first kappa shape index (κ1) is 23.0. The Balaban J connectivity index is 0.00000242. The van der Waals surface area contributed by atoms with Crippen LogP contribution < -0.4 is 20.6 Å². The summed E-state index contributed by atoms with van der Waals surface area (Å²) >= 11 is 0. The van der Waals surface area contributed by atoms with Crippen LogP contribution in [0, 0.1) is 18.8 Å². The average Bonchev–Trinajstić information content (AvgIpc) is 3.65. The van der Waals surface area contributed by atoms with E-state index >= 15 is 0 Å². The van der Waals surface area contributed by atoms with Gasteiger partial charge < -0.3 is 14.7 Å². The van der Waals surface area contributed by atoms with Gasteiger partial charge in [0.25, 0.3) is 0 Å². The molecular weight excluding hydrogens is 652 g/mol. The number of fused-ring (bicyclic) bond motifs is 11. The molecule has 4 heterocycles. The van der Waals surface area contributed by atoms with Crippen molar-refractivity contribution in [3.8, 4) is 27.9 Å². The molecule has 0 aliphatic carbocycles. The molecule has 1 aromatic heterocycles. The summed E-state index contributed by atoms with van der Waals surface area (Å²) in [6.45, 7) is 1.93. The van der Waals surface area contributed by atoms with Crippen molar-refractivity contribution in [2.45, 2.75) is 0 Å². The van der Waals surface area contributed by atoms with Gasteiger partial charge in [0.2, 0.25) is 0 Å². The van der Waals surface area contributed by atoms with Crippen molar-refractivity contribution in [2.24, 2.45) is 5.10 Å². The van der Waals surface area contributed by atoms with Crippen LogP contribution in [0.3, 0.4) is 0 Å². The minimum Gasteiger partial charge on any atom is -0.483 e. The molecule has 0 unspecified atom stereocenters. The van der Waals surface area contributed by atoms with E-state index in [1.807, 2.05) is 24.7 Å². The summed E-state index contributed by atoms with van der Waals surface area (Å²) in [4.78, 5) is 5.98. The standard InChI is InChI=1S/C29H19BN7.Pt/c1-34-19-35(18-33-34)20-10-12-24-22-6-2-4-8-26(22)30-27-9-5-3-7-23(27)25-13-11-21(37-31-14-15-32-37)17-29(25)36(30)28(24)16-20;/h2-15,18-19H,1H3;/q-3;. The molecule has 0 N–H and O–H groups in total. The third kappa shape index (κ3) is 3.30. The minimum atomic E-state index is -0.0186. The van der Waals surface area contributed by atoms with Gasteiger partial charge in [0, 0.05) is 21.1 Å². The van der Waals surface area contributed by atoms with Crippen molar-refractivity contribution >= 4 is 41.2 Å². The van der Waals surface area contributed by atoms with Crippen molar-refractivity contribution in [3.63, 3.8) is 0 Å². The van der Waals surface area contributed by atoms with Crippen LogP contribution >= 0.6 is 0 Å². The molecule has 7 nitrogen and oxygen atoms in total. The van der Waals surface area contributed by atoms with Crippen LogP contribution in [0.5, 0.6) is 0 Å². The third-order valence-electron chi connectivity index (χ3n) is 7.21. The van der Waals surface area contributed by atoms with Gasteiger partial charge in [-0.2, -0.15) is 27.1 Å². The Labute approximate surface area is 235 Å². The summed E-state index contributed by atoms with van der Waals surface area (Å²) in [7, 11) is 1.92. The van der Waals surface area contributed by atoms with Gasteiger partial charge in [-0.05, 0) is 12.7 Å². The molecule has 0 saturated heterocycles. The zero-order chi connectivity index (χ0) is 24.5. The largest absolute Gasteiger partial charge is 0.483 e. The predicted molar refractivity (Wildman–Crippen MR) is 147 cm³/mol. The predicted octanol–water partition coefficient (Wildman–Crippen LogP) is 3.58. The molecule has 0 bridgehead atoms. The van der Waals surface area contributed by atoms with Gasteiger partial charge in [0.15, 0.2) is 0 Å². The van der Waals surface area contributed by atoms with Gasteiger partial charge in [0.05, 0.1) is 18.7 Å². The molecular formula is C29H19BN7Pt-3. The Morgan fingerprint density at radius 2 is 1.29 bits per heavy atom. The van der Waals surface area contributed by atoms with Crippen molar-refractivity contribution in [3.05, 3.63) is 104 Å². The fraction of sp³-hybridized carbons (Fsp3) is 0.0345. The molecule has 0 atom stereocenters. The first-order chi connectivity index (χ1) is 18.3. The van der Waals surface area contributed by atoms with E-state index in [9.17, 15) is 0 Å². The Morgan fingerprint density at radius 3 is 1.89 bits per heavy atom. The summed E-state index contributed by atoms with van der Waals surface area (Å²) in [5.41, 5.74) is 10.9. The van der Waals surface area contributed by atoms with E-state index < -0.39 is 0 Å². The van der Waals surface area contributed by atoms with Gasteiger partial charge in [-0.15, -0.1) is 47.7 Å². The summed E-state index contributed by atoms with van der Waals surface area (Å²) in [6.07, 6.45) is 5.17. The molecule has 5 aromatic rings. The normalized spacial score (nSPS) is 14.3. The Kier molecular flexibility index (Phi) is 5.27. The Hall–Kier alpha value is -4.16. The van der Waals surface area contributed by atoms with Gasteiger partial charge >= 0.3 is 6.85 Å². The van der Waals surface area contributed by atoms with E-state index in [2.05, 4.69) is 99.0 Å². The van der Waals surface area contributed by atoms with Crippen molar-refractivity contribution < 1.29 is 21.1 Å². The number of hydrazone groups is 1. The Bertz CT molecular complexity index is 1720. The number of hydrogen-bond donors (Lipinski definition) is 0. The second-order valence-corrected chi connectivity index (χ2v) is 9.30. The fourth-order valence-corrected chi connectivity index (χ4v) is 5.64. The number of benzene rings is 4. The van der Waals surface area contributed by atoms with E-state index in [1.54, 1.807) is 28.5 Å². The minimum absolute atomic E-state index is 0. The van der Waals surface area contributed by atoms with Gasteiger partial charge in [-0.1, -0.05) is 82.0 Å². The Morgan fingerprint density at radius 1 is 0.711 bits per heavy atom. The number of rotatable bonds is 2. The van der Waals surface area contributed by atoms with Crippen LogP contribution in [0.25, 0.3) is 27.9 Å². The first-order valence-electron chi connectivity index (χ1n) is 12.1. The topological polar surface area (TPSA) is 52.8 Å². The second-order valence-electron chi connectivity index (χ2n) is 9.30. The van der Waals surface area contributed by atoms with Crippen molar-refractivity contribution in [1.82, 2.24) is 20.0 Å². The summed E-state index contributed by atoms with van der Waals surface area (Å²) in [6, 6.07) is 33.2. The zero-order valence-corrected chi connectivity index (χ0v) is 22.5. The second kappa shape index (κ2) is 8.71. The quantitative estimate of drug-likeness (QED) is 0.212. The van der Waals surface area contributed by atoms with Crippen molar-refractivity contribution in [1.29, 1.82) is 0 Å². The number of anilines is 3. The van der Waals surface area contributed by atoms with E-state index in [0.29, 0.717) is 0 Å². The monoisotopic (exact) mass is 671 g/mol. The summed E-state index contributed by atoms with van der Waals surface area (Å²) in [5, 5.41) is 14.8. The molecule has 0 amide bonds. The molecule has 0 radical (unpaired) electrons. The van der Waals surface area contributed by atoms with Crippen LogP contribution in [0.1, 0.15) is 0 Å². The summed E-state index contributed by atoms with van der Waals surface area (Å²) in [5.74, 6) is 0. The van der Waals surface area contributed by atoms with Gasteiger partial charge in [-0.25, -0.2) is 5.10 Å². The maximum Gasteiger partial charge on any atom is 0.324 e. The first-order valence-corrected chi connectivity index (χ1v) is 12.1. The molecule has 3 aliphatic rings. The van der Waals surface area contributed by atoms with Crippen LogP contribution in [-0.2, 0) is 21.1 Å². The maximum atomic E-state index is 4.36. The molecule has 186 valence electrons. The van der Waals surface area contributed by atoms with Crippen molar-refractivity contribution in [2.75, 3.05) is 16.8 Å². The number of nitrogens with zero attached hydrogens (tertiary/aromatic N) is 7. The average molecular weight is 671 g/mol. The van der Waals surface area contributed by atoms with Crippen LogP contribution in [0.4, 0.5) is 17.1 Å². The SMILES string of the molecule is CN1[CH-]N(c2[c-]c3c(cc2)-c2ccccc2B2c4ccccc4-c4ccc(-n5nccn5)[c-]c4N23)C=N1.[Pt]. The van der Waals surface area contributed by atoms with Crippen LogP contribution in [-0.4, -0.2) is 40.2 Å². The number of aromatic nitrogens is 3. The fourth-order valence-electron chi connectivity index (χ4n) is 5.64. The molecule has 38 heavy (non-hydrogen) atoms. The van der Waals surface area contributed by atoms with E-state index in [4.69, 9.17) is 0 Å². The van der Waals surface area contributed by atoms with E-state index in [0.717, 1.165) is 33.9 Å². The van der Waals surface area contributed by atoms with Gasteiger partial charge in [0.1, 0.15) is 0 Å². The molecule has 0 saturated carbocycles. The van der Waals surface area contributed by atoms with Crippen LogP contribution in [0.2, 0.25) is 0 Å². The molecule has 8 rings (SSSR count). The third-order valence-corrected chi connectivity index (χ3v) is 7.21. The smallest absolute Gasteiger partial charge is 0.324 e. The summed E-state index contributed by atoms with van der Waals surface area (Å²) < 4.78 is 0.